The molecule has 1 saturated heterocycles. The molecule has 1 aromatic heterocycles. The Morgan fingerprint density at radius 1 is 1.02 bits per heavy atom. The van der Waals surface area contributed by atoms with E-state index in [0.717, 1.165) is 52.7 Å². The number of hydrogen-bond acceptors (Lipinski definition) is 7. The molecule has 2 aromatic carbocycles. The maximum absolute atomic E-state index is 13.4. The summed E-state index contributed by atoms with van der Waals surface area (Å²) in [5.74, 6) is 1.31. The summed E-state index contributed by atoms with van der Waals surface area (Å²) in [7, 11) is -1.30. The summed E-state index contributed by atoms with van der Waals surface area (Å²) in [5.41, 5.74) is 2.52. The van der Waals surface area contributed by atoms with Crippen LogP contribution in [0.5, 0.6) is 5.75 Å². The van der Waals surface area contributed by atoms with Crippen LogP contribution in [-0.4, -0.2) is 57.0 Å². The molecule has 0 bridgehead atoms. The Balaban J connectivity index is 1.67. The van der Waals surface area contributed by atoms with Crippen molar-refractivity contribution in [2.24, 2.45) is 10.3 Å². The van der Waals surface area contributed by atoms with Gasteiger partial charge in [0.25, 0.3) is 0 Å². The summed E-state index contributed by atoms with van der Waals surface area (Å²) < 4.78 is 35.6. The fraction of sp³-hybridized carbons (Fsp3) is 0.529. The van der Waals surface area contributed by atoms with E-state index < -0.39 is 33.1 Å². The maximum Gasteiger partial charge on any atom is 0.442 e. The third kappa shape index (κ3) is 7.82. The van der Waals surface area contributed by atoms with E-state index >= 15 is 0 Å². The van der Waals surface area contributed by atoms with Crippen molar-refractivity contribution in [2.75, 3.05) is 19.9 Å². The minimum Gasteiger partial charge on any atom is -0.496 e. The van der Waals surface area contributed by atoms with Gasteiger partial charge in [-0.2, -0.15) is 0 Å². The van der Waals surface area contributed by atoms with Gasteiger partial charge in [0.15, 0.2) is 0 Å². The lowest BCUT2D eigenvalue weighted by Gasteiger charge is -2.39. The van der Waals surface area contributed by atoms with Crippen LogP contribution in [0.1, 0.15) is 84.0 Å². The monoisotopic (exact) mass is 625 g/mol. The maximum atomic E-state index is 13.4. The van der Waals surface area contributed by atoms with Gasteiger partial charge in [-0.15, -0.1) is 4.36 Å². The zero-order valence-electron chi connectivity index (χ0n) is 27.7. The van der Waals surface area contributed by atoms with E-state index in [9.17, 15) is 13.8 Å². The van der Waals surface area contributed by atoms with E-state index in [2.05, 4.69) is 16.2 Å². The van der Waals surface area contributed by atoms with Gasteiger partial charge in [0.05, 0.1) is 22.4 Å². The van der Waals surface area contributed by atoms with Gasteiger partial charge in [0.1, 0.15) is 17.0 Å². The molecule has 240 valence electrons. The first-order valence-electron chi connectivity index (χ1n) is 15.1. The zero-order valence-corrected chi connectivity index (χ0v) is 28.5. The Bertz CT molecular complexity index is 1650. The second-order valence-electron chi connectivity index (χ2n) is 13.9. The van der Waals surface area contributed by atoms with E-state index in [4.69, 9.17) is 14.2 Å². The van der Waals surface area contributed by atoms with Crippen molar-refractivity contribution in [3.05, 3.63) is 59.3 Å². The molecule has 10 heteroatoms. The highest BCUT2D eigenvalue weighted by atomic mass is 32.2. The summed E-state index contributed by atoms with van der Waals surface area (Å²) in [6.07, 6.45) is 4.00. The van der Waals surface area contributed by atoms with Gasteiger partial charge in [-0.05, 0) is 109 Å². The number of hydrogen-bond donors (Lipinski definition) is 0. The van der Waals surface area contributed by atoms with Gasteiger partial charge in [0.2, 0.25) is 0 Å². The van der Waals surface area contributed by atoms with E-state index in [1.54, 1.807) is 50.8 Å². The molecule has 0 radical (unpaired) electrons. The second kappa shape index (κ2) is 12.6. The molecule has 3 aromatic rings. The highest BCUT2D eigenvalue weighted by molar-refractivity contribution is 7.93. The van der Waals surface area contributed by atoms with E-state index in [-0.39, 0.29) is 6.04 Å². The number of methoxy groups -OCH3 is 1. The standard InChI is InChI=1S/C34H47N3O6S/c1-22-15-17-36(28(19-22)24-11-13-25(14-12-24)44(10,40)35-31(38)42-33(3,4)5)21-27-26-16-18-37(32(39)43-34(6,7)8)30(26)23(2)20-29(27)41-9/h11-14,16,18,20,22,28H,15,17,19,21H2,1-10H3/t22-,28+,44?/m1/s1. The largest absolute Gasteiger partial charge is 0.496 e. The number of piperidine rings is 1. The molecule has 9 nitrogen and oxygen atoms in total. The van der Waals surface area contributed by atoms with Crippen LogP contribution in [-0.2, 0) is 25.7 Å². The van der Waals surface area contributed by atoms with Crippen LogP contribution in [0.15, 0.2) is 51.9 Å². The fourth-order valence-electron chi connectivity index (χ4n) is 5.72. The summed E-state index contributed by atoms with van der Waals surface area (Å²) in [6, 6.07) is 11.6. The third-order valence-corrected chi connectivity index (χ3v) is 9.37. The van der Waals surface area contributed by atoms with Gasteiger partial charge in [-0.3, -0.25) is 9.47 Å². The van der Waals surface area contributed by atoms with Crippen LogP contribution in [0.3, 0.4) is 0 Å². The number of carbonyl (C=O) groups excluding carboxylic acids is 2. The summed E-state index contributed by atoms with van der Waals surface area (Å²) in [5, 5.41) is 0.954. The SMILES string of the molecule is COc1cc(C)c2c(ccn2C(=O)OC(C)(C)C)c1CN1CC[C@@H](C)C[C@H]1c1ccc(S(C)(=O)=NC(=O)OC(C)(C)C)cc1. The number of ether oxygens (including phenoxy) is 3. The molecular weight excluding hydrogens is 578 g/mol. The summed E-state index contributed by atoms with van der Waals surface area (Å²) >= 11 is 0. The normalized spacial score (nSPS) is 19.3. The number of fused-ring (bicyclic) bond motifs is 1. The number of benzene rings is 2. The summed E-state index contributed by atoms with van der Waals surface area (Å²) in [4.78, 5) is 28.3. The van der Waals surface area contributed by atoms with Crippen LogP contribution in [0, 0.1) is 12.8 Å². The first kappa shape index (κ1) is 33.5. The van der Waals surface area contributed by atoms with Crippen molar-refractivity contribution in [3.63, 3.8) is 0 Å². The lowest BCUT2D eigenvalue weighted by atomic mass is 9.87. The topological polar surface area (TPSA) is 99.4 Å². The second-order valence-corrected chi connectivity index (χ2v) is 16.1. The van der Waals surface area contributed by atoms with Gasteiger partial charge >= 0.3 is 12.2 Å². The first-order valence-corrected chi connectivity index (χ1v) is 17.0. The van der Waals surface area contributed by atoms with E-state index in [1.165, 1.54) is 6.26 Å². The molecule has 3 atom stereocenters. The molecule has 0 saturated carbocycles. The Hall–Kier alpha value is -3.37. The molecule has 4 rings (SSSR count). The number of rotatable bonds is 5. The lowest BCUT2D eigenvalue weighted by molar-refractivity contribution is 0.0542. The molecular formula is C34H47N3O6S. The molecule has 1 amide bonds. The number of nitrogens with zero attached hydrogens (tertiary/aromatic N) is 3. The Morgan fingerprint density at radius 3 is 2.25 bits per heavy atom. The average molecular weight is 626 g/mol. The van der Waals surface area contributed by atoms with Crippen molar-refractivity contribution in [1.82, 2.24) is 9.47 Å². The van der Waals surface area contributed by atoms with Gasteiger partial charge < -0.3 is 14.2 Å². The minimum atomic E-state index is -2.98. The van der Waals surface area contributed by atoms with Gasteiger partial charge in [-0.25, -0.2) is 13.8 Å². The lowest BCUT2D eigenvalue weighted by Crippen LogP contribution is -2.36. The predicted octanol–water partition coefficient (Wildman–Crippen LogP) is 8.11. The molecule has 44 heavy (non-hydrogen) atoms. The molecule has 1 aliphatic heterocycles. The van der Waals surface area contributed by atoms with Crippen molar-refractivity contribution in [1.29, 1.82) is 0 Å². The van der Waals surface area contributed by atoms with Crippen LogP contribution in [0.2, 0.25) is 0 Å². The number of aryl methyl sites for hydroxylation is 1. The number of carbonyl (C=O) groups is 2. The summed E-state index contributed by atoms with van der Waals surface area (Å²) in [6.45, 7) is 16.6. The smallest absolute Gasteiger partial charge is 0.442 e. The Kier molecular flexibility index (Phi) is 9.57. The highest BCUT2D eigenvalue weighted by Gasteiger charge is 2.30. The number of amides is 1. The van der Waals surface area contributed by atoms with Crippen molar-refractivity contribution < 1.29 is 28.0 Å². The van der Waals surface area contributed by atoms with Crippen LogP contribution < -0.4 is 4.74 Å². The van der Waals surface area contributed by atoms with Crippen molar-refractivity contribution >= 4 is 32.8 Å². The van der Waals surface area contributed by atoms with E-state index in [1.807, 2.05) is 52.0 Å². The Labute approximate surface area is 262 Å². The molecule has 0 aliphatic carbocycles. The molecule has 0 spiro atoms. The average Bonchev–Trinajstić information content (AvgIpc) is 3.35. The van der Waals surface area contributed by atoms with Crippen LogP contribution in [0.4, 0.5) is 9.59 Å². The van der Waals surface area contributed by atoms with Crippen molar-refractivity contribution in [3.8, 4) is 5.75 Å². The van der Waals surface area contributed by atoms with Crippen LogP contribution >= 0.6 is 0 Å². The quantitative estimate of drug-likeness (QED) is 0.282. The predicted molar refractivity (Wildman–Crippen MR) is 174 cm³/mol. The number of aromatic nitrogens is 1. The van der Waals surface area contributed by atoms with E-state index in [0.29, 0.717) is 17.4 Å². The zero-order chi connectivity index (χ0) is 32.6. The highest BCUT2D eigenvalue weighted by Crippen LogP contribution is 2.39. The molecule has 1 unspecified atom stereocenters. The molecule has 0 N–H and O–H groups in total. The molecule has 1 fully saturated rings. The van der Waals surface area contributed by atoms with Gasteiger partial charge in [-0.1, -0.05) is 19.1 Å². The molecule has 1 aliphatic rings. The van der Waals surface area contributed by atoms with Gasteiger partial charge in [0, 0.05) is 40.9 Å². The minimum absolute atomic E-state index is 0.109. The third-order valence-electron chi connectivity index (χ3n) is 7.72. The van der Waals surface area contributed by atoms with Crippen molar-refractivity contribution in [2.45, 2.75) is 96.9 Å². The molecule has 2 heterocycles. The van der Waals surface area contributed by atoms with Crippen LogP contribution in [0.25, 0.3) is 10.9 Å². The number of likely N-dealkylation sites (tertiary alicyclic amines) is 1. The first-order chi connectivity index (χ1) is 20.4. The Morgan fingerprint density at radius 2 is 1.66 bits per heavy atom. The fourth-order valence-corrected chi connectivity index (χ4v) is 6.79.